The minimum Gasteiger partial charge on any atom is -0.494 e. The maximum atomic E-state index is 11.6. The van der Waals surface area contributed by atoms with E-state index in [1.54, 1.807) is 0 Å². The van der Waals surface area contributed by atoms with Crippen LogP contribution in [0.25, 0.3) is 11.0 Å². The molecule has 0 spiro atoms. The van der Waals surface area contributed by atoms with Gasteiger partial charge in [-0.2, -0.15) is 0 Å². The molecule has 148 valence electrons. The number of methoxy groups -OCH3 is 1. The monoisotopic (exact) mass is 381 g/mol. The Hall–Kier alpha value is -2.86. The van der Waals surface area contributed by atoms with Gasteiger partial charge in [-0.1, -0.05) is 24.3 Å². The number of nitrogens with one attached hydrogen (secondary N) is 1. The first-order chi connectivity index (χ1) is 13.7. The van der Waals surface area contributed by atoms with Crippen LogP contribution in [-0.2, 0) is 22.5 Å². The summed E-state index contributed by atoms with van der Waals surface area (Å²) in [5, 5.41) is 2.86. The van der Waals surface area contributed by atoms with Crippen molar-refractivity contribution in [2.75, 3.05) is 26.9 Å². The zero-order valence-electron chi connectivity index (χ0n) is 16.5. The lowest BCUT2D eigenvalue weighted by molar-refractivity contribution is -0.124. The third kappa shape index (κ3) is 5.33. The number of fused-ring (bicyclic) bond motifs is 1. The molecular weight excluding hydrogens is 354 g/mol. The summed E-state index contributed by atoms with van der Waals surface area (Å²) in [6.45, 7) is 4.12. The number of carbonyl (C=O) groups is 1. The number of aryl methyl sites for hydroxylation is 2. The van der Waals surface area contributed by atoms with E-state index < -0.39 is 0 Å². The number of aromatic nitrogens is 2. The van der Waals surface area contributed by atoms with Crippen LogP contribution in [0, 0.1) is 6.92 Å². The number of nitrogens with zero attached hydrogens (tertiary/aromatic N) is 2. The van der Waals surface area contributed by atoms with Crippen LogP contribution in [0.2, 0.25) is 0 Å². The van der Waals surface area contributed by atoms with E-state index in [0.717, 1.165) is 35.6 Å². The lowest BCUT2D eigenvalue weighted by Crippen LogP contribution is -2.29. The van der Waals surface area contributed by atoms with Gasteiger partial charge in [0, 0.05) is 26.6 Å². The second-order valence-corrected chi connectivity index (χ2v) is 6.72. The molecule has 0 bridgehead atoms. The Labute approximate surface area is 165 Å². The van der Waals surface area contributed by atoms with Crippen LogP contribution in [0.15, 0.2) is 48.5 Å². The summed E-state index contributed by atoms with van der Waals surface area (Å²) in [6.07, 6.45) is 1.54. The van der Waals surface area contributed by atoms with Crippen LogP contribution >= 0.6 is 0 Å². The first-order valence-electron chi connectivity index (χ1n) is 9.56. The van der Waals surface area contributed by atoms with Crippen molar-refractivity contribution in [3.05, 3.63) is 59.9 Å². The lowest BCUT2D eigenvalue weighted by Gasteiger charge is -2.11. The first-order valence-corrected chi connectivity index (χ1v) is 9.56. The van der Waals surface area contributed by atoms with Gasteiger partial charge in [0.05, 0.1) is 17.6 Å². The van der Waals surface area contributed by atoms with Crippen LogP contribution in [0.3, 0.4) is 0 Å². The van der Waals surface area contributed by atoms with E-state index in [0.29, 0.717) is 19.6 Å². The number of benzene rings is 2. The van der Waals surface area contributed by atoms with Crippen molar-refractivity contribution in [1.29, 1.82) is 0 Å². The van der Waals surface area contributed by atoms with Crippen LogP contribution in [0.5, 0.6) is 5.75 Å². The Morgan fingerprint density at radius 3 is 2.86 bits per heavy atom. The predicted octanol–water partition coefficient (Wildman–Crippen LogP) is 3.12. The molecule has 3 aromatic rings. The molecule has 2 aromatic carbocycles. The summed E-state index contributed by atoms with van der Waals surface area (Å²) < 4.78 is 12.9. The fourth-order valence-electron chi connectivity index (χ4n) is 3.18. The van der Waals surface area contributed by atoms with Gasteiger partial charge in [0.2, 0.25) is 5.91 Å². The lowest BCUT2D eigenvalue weighted by atomic mass is 10.2. The Morgan fingerprint density at radius 1 is 1.18 bits per heavy atom. The summed E-state index contributed by atoms with van der Waals surface area (Å²) in [7, 11) is 1.51. The second kappa shape index (κ2) is 9.90. The maximum Gasteiger partial charge on any atom is 0.245 e. The highest BCUT2D eigenvalue weighted by Gasteiger charge is 2.11. The van der Waals surface area contributed by atoms with E-state index in [4.69, 9.17) is 14.5 Å². The number of para-hydroxylation sites is 2. The van der Waals surface area contributed by atoms with Gasteiger partial charge in [-0.05, 0) is 43.2 Å². The fraction of sp³-hybridized carbons (Fsp3) is 0.364. The molecule has 0 aliphatic carbocycles. The Bertz CT molecular complexity index is 920. The predicted molar refractivity (Wildman–Crippen MR) is 110 cm³/mol. The third-order valence-corrected chi connectivity index (χ3v) is 4.46. The summed E-state index contributed by atoms with van der Waals surface area (Å²) in [4.78, 5) is 16.3. The highest BCUT2D eigenvalue weighted by atomic mass is 16.5. The van der Waals surface area contributed by atoms with Gasteiger partial charge >= 0.3 is 0 Å². The molecule has 0 saturated carbocycles. The van der Waals surface area contributed by atoms with Gasteiger partial charge in [0.15, 0.2) is 0 Å². The Balaban J connectivity index is 1.61. The highest BCUT2D eigenvalue weighted by Crippen LogP contribution is 2.17. The van der Waals surface area contributed by atoms with Crippen molar-refractivity contribution >= 4 is 16.9 Å². The summed E-state index contributed by atoms with van der Waals surface area (Å²) >= 11 is 0. The zero-order chi connectivity index (χ0) is 19.8. The minimum absolute atomic E-state index is 0.0761. The van der Waals surface area contributed by atoms with Gasteiger partial charge in [-0.25, -0.2) is 4.98 Å². The van der Waals surface area contributed by atoms with Gasteiger partial charge in [0.1, 0.15) is 18.2 Å². The van der Waals surface area contributed by atoms with E-state index in [9.17, 15) is 4.79 Å². The van der Waals surface area contributed by atoms with Crippen LogP contribution in [-0.4, -0.2) is 42.3 Å². The Morgan fingerprint density at radius 2 is 2.04 bits per heavy atom. The smallest absolute Gasteiger partial charge is 0.245 e. The number of hydrogen-bond acceptors (Lipinski definition) is 4. The van der Waals surface area contributed by atoms with Gasteiger partial charge < -0.3 is 19.4 Å². The van der Waals surface area contributed by atoms with Crippen molar-refractivity contribution < 1.29 is 14.3 Å². The molecule has 0 atom stereocenters. The van der Waals surface area contributed by atoms with E-state index in [2.05, 4.69) is 28.9 Å². The highest BCUT2D eigenvalue weighted by molar-refractivity contribution is 5.77. The molecule has 1 N–H and O–H groups in total. The molecule has 0 saturated heterocycles. The fourth-order valence-corrected chi connectivity index (χ4v) is 3.18. The van der Waals surface area contributed by atoms with Crippen molar-refractivity contribution in [3.8, 4) is 5.75 Å². The number of imidazole rings is 1. The molecule has 28 heavy (non-hydrogen) atoms. The molecule has 1 heterocycles. The molecule has 6 nitrogen and oxygen atoms in total. The number of hydrogen-bond donors (Lipinski definition) is 1. The van der Waals surface area contributed by atoms with E-state index >= 15 is 0 Å². The molecule has 0 aliphatic rings. The summed E-state index contributed by atoms with van der Waals surface area (Å²) in [6, 6.07) is 16.2. The topological polar surface area (TPSA) is 65.4 Å². The maximum absolute atomic E-state index is 11.6. The van der Waals surface area contributed by atoms with Crippen molar-refractivity contribution in [2.45, 2.75) is 26.3 Å². The van der Waals surface area contributed by atoms with Gasteiger partial charge in [-0.15, -0.1) is 0 Å². The molecule has 0 fully saturated rings. The molecule has 0 radical (unpaired) electrons. The van der Waals surface area contributed by atoms with E-state index in [1.165, 1.54) is 12.7 Å². The largest absolute Gasteiger partial charge is 0.494 e. The first kappa shape index (κ1) is 19.9. The quantitative estimate of drug-likeness (QED) is 0.548. The van der Waals surface area contributed by atoms with Crippen molar-refractivity contribution in [3.63, 3.8) is 0 Å². The molecule has 6 heteroatoms. The molecule has 0 aliphatic heterocycles. The Kier molecular flexibility index (Phi) is 7.03. The van der Waals surface area contributed by atoms with Gasteiger partial charge in [0.25, 0.3) is 0 Å². The number of ether oxygens (including phenoxy) is 2. The van der Waals surface area contributed by atoms with Crippen LogP contribution in [0.4, 0.5) is 0 Å². The number of amides is 1. The SMILES string of the molecule is COCC(=O)NCCc1nc2ccccc2n1CCCOc1cccc(C)c1. The van der Waals surface area contributed by atoms with E-state index in [-0.39, 0.29) is 12.5 Å². The van der Waals surface area contributed by atoms with Crippen LogP contribution in [0.1, 0.15) is 17.8 Å². The van der Waals surface area contributed by atoms with Crippen molar-refractivity contribution in [2.24, 2.45) is 0 Å². The summed E-state index contributed by atoms with van der Waals surface area (Å²) in [5.41, 5.74) is 3.27. The normalized spacial score (nSPS) is 10.9. The summed E-state index contributed by atoms with van der Waals surface area (Å²) in [5.74, 6) is 1.75. The number of carbonyl (C=O) groups excluding carboxylic acids is 1. The molecular formula is C22H27N3O3. The van der Waals surface area contributed by atoms with Crippen LogP contribution < -0.4 is 10.1 Å². The molecule has 1 aromatic heterocycles. The molecule has 1 amide bonds. The second-order valence-electron chi connectivity index (χ2n) is 6.72. The number of rotatable bonds is 10. The zero-order valence-corrected chi connectivity index (χ0v) is 16.5. The minimum atomic E-state index is -0.114. The molecule has 0 unspecified atom stereocenters. The third-order valence-electron chi connectivity index (χ3n) is 4.46. The molecule has 3 rings (SSSR count). The average molecular weight is 381 g/mol. The van der Waals surface area contributed by atoms with Crippen molar-refractivity contribution in [1.82, 2.24) is 14.9 Å². The standard InChI is InChI=1S/C22H27N3O3/c1-17-7-5-8-18(15-17)28-14-6-13-25-20-10-4-3-9-19(20)24-21(25)11-12-23-22(26)16-27-2/h3-5,7-10,15H,6,11-14,16H2,1-2H3,(H,23,26). The van der Waals surface area contributed by atoms with E-state index in [1.807, 2.05) is 36.4 Å². The average Bonchev–Trinajstić information content (AvgIpc) is 3.03. The van der Waals surface area contributed by atoms with Gasteiger partial charge in [-0.3, -0.25) is 4.79 Å².